The van der Waals surface area contributed by atoms with E-state index in [9.17, 15) is 9.59 Å². The molecule has 11 heteroatoms. The van der Waals surface area contributed by atoms with Crippen LogP contribution in [0.25, 0.3) is 11.3 Å². The van der Waals surface area contributed by atoms with Crippen molar-refractivity contribution in [3.8, 4) is 17.0 Å². The average Bonchev–Trinajstić information content (AvgIpc) is 3.35. The zero-order chi connectivity index (χ0) is 24.8. The van der Waals surface area contributed by atoms with Crippen molar-refractivity contribution in [2.75, 3.05) is 22.8 Å². The van der Waals surface area contributed by atoms with Crippen LogP contribution in [0.4, 0.5) is 26.1 Å². The number of nitrogens with one attached hydrogen (secondary N) is 3. The Labute approximate surface area is 215 Å². The van der Waals surface area contributed by atoms with Gasteiger partial charge < -0.3 is 15.4 Å². The van der Waals surface area contributed by atoms with Gasteiger partial charge in [-0.1, -0.05) is 23.2 Å². The Hall–Kier alpha value is -3.79. The van der Waals surface area contributed by atoms with Gasteiger partial charge in [0, 0.05) is 32.4 Å². The number of anilines is 3. The summed E-state index contributed by atoms with van der Waals surface area (Å²) in [5.41, 5.74) is 5.02. The molecule has 0 aliphatic heterocycles. The minimum absolute atomic E-state index is 0.258. The first-order valence-electron chi connectivity index (χ1n) is 10.2. The number of carbonyl (C=O) groups is 2. The number of carbonyl (C=O) groups excluding carboxylic acids is 2. The maximum absolute atomic E-state index is 13.1. The lowest BCUT2D eigenvalue weighted by Crippen LogP contribution is -2.50. The number of nitrogens with zero attached hydrogens (tertiary/aromatic N) is 2. The van der Waals surface area contributed by atoms with Gasteiger partial charge in [-0.3, -0.25) is 0 Å². The number of halogens is 2. The molecule has 0 saturated carbocycles. The van der Waals surface area contributed by atoms with E-state index in [2.05, 4.69) is 21.0 Å². The summed E-state index contributed by atoms with van der Waals surface area (Å²) in [4.78, 5) is 30.4. The van der Waals surface area contributed by atoms with E-state index in [1.165, 1.54) is 11.3 Å². The number of ether oxygens (including phenoxy) is 1. The minimum Gasteiger partial charge on any atom is -0.497 e. The Morgan fingerprint density at radius 2 is 1.43 bits per heavy atom. The monoisotopic (exact) mass is 527 g/mol. The summed E-state index contributed by atoms with van der Waals surface area (Å²) >= 11 is 13.0. The summed E-state index contributed by atoms with van der Waals surface area (Å²) in [6.07, 6.45) is 0. The zero-order valence-electron chi connectivity index (χ0n) is 18.3. The Morgan fingerprint density at radius 1 is 0.857 bits per heavy atom. The number of hydrogen-bond acceptors (Lipinski definition) is 5. The normalized spacial score (nSPS) is 10.4. The summed E-state index contributed by atoms with van der Waals surface area (Å²) < 4.78 is 5.19. The Kier molecular flexibility index (Phi) is 7.71. The van der Waals surface area contributed by atoms with Crippen molar-refractivity contribution in [1.82, 2.24) is 10.4 Å². The molecular weight excluding hydrogens is 509 g/mol. The number of methoxy groups -OCH3 is 1. The maximum Gasteiger partial charge on any atom is 0.347 e. The van der Waals surface area contributed by atoms with Crippen LogP contribution in [0.1, 0.15) is 0 Å². The van der Waals surface area contributed by atoms with E-state index < -0.39 is 12.1 Å². The topological polar surface area (TPSA) is 95.6 Å². The van der Waals surface area contributed by atoms with Gasteiger partial charge in [-0.25, -0.2) is 20.0 Å². The third kappa shape index (κ3) is 6.42. The second-order valence-electron chi connectivity index (χ2n) is 7.09. The quantitative estimate of drug-likeness (QED) is 0.246. The number of hydrazine groups is 1. The predicted octanol–water partition coefficient (Wildman–Crippen LogP) is 6.90. The molecule has 0 saturated heterocycles. The second kappa shape index (κ2) is 11.1. The van der Waals surface area contributed by atoms with Gasteiger partial charge in [-0.15, -0.1) is 11.3 Å². The van der Waals surface area contributed by atoms with Gasteiger partial charge >= 0.3 is 12.1 Å². The third-order valence-corrected chi connectivity index (χ3v) is 6.01. The lowest BCUT2D eigenvalue weighted by molar-refractivity contribution is 0.243. The van der Waals surface area contributed by atoms with E-state index in [-0.39, 0.29) is 5.13 Å². The average molecular weight is 528 g/mol. The van der Waals surface area contributed by atoms with E-state index >= 15 is 0 Å². The van der Waals surface area contributed by atoms with Crippen LogP contribution >= 0.6 is 34.5 Å². The van der Waals surface area contributed by atoms with E-state index in [1.54, 1.807) is 61.0 Å². The number of rotatable bonds is 5. The first-order valence-corrected chi connectivity index (χ1v) is 11.8. The summed E-state index contributed by atoms with van der Waals surface area (Å²) in [5.74, 6) is 0.716. The van der Waals surface area contributed by atoms with Gasteiger partial charge in [-0.2, -0.15) is 5.01 Å². The molecule has 0 bridgehead atoms. The number of thiazole rings is 1. The molecule has 0 spiro atoms. The SMILES string of the molecule is COc1ccc(-c2csc(N(NC(=O)Nc3ccc(Cl)cc3)C(=O)Nc3ccc(Cl)cc3)n2)cc1. The second-order valence-corrected chi connectivity index (χ2v) is 8.80. The molecule has 0 aliphatic rings. The molecule has 178 valence electrons. The van der Waals surface area contributed by atoms with Crippen molar-refractivity contribution in [2.24, 2.45) is 0 Å². The van der Waals surface area contributed by atoms with Crippen LogP contribution in [0, 0.1) is 0 Å². The summed E-state index contributed by atoms with van der Waals surface area (Å²) in [7, 11) is 1.59. The van der Waals surface area contributed by atoms with Crippen molar-refractivity contribution in [1.29, 1.82) is 0 Å². The van der Waals surface area contributed by atoms with Crippen LogP contribution in [0.2, 0.25) is 10.0 Å². The molecule has 35 heavy (non-hydrogen) atoms. The molecule has 1 aromatic heterocycles. The molecule has 0 aliphatic carbocycles. The largest absolute Gasteiger partial charge is 0.497 e. The van der Waals surface area contributed by atoms with Gasteiger partial charge in [0.1, 0.15) is 5.75 Å². The van der Waals surface area contributed by atoms with Crippen LogP contribution in [0.5, 0.6) is 5.75 Å². The maximum atomic E-state index is 13.1. The number of benzene rings is 3. The molecule has 0 radical (unpaired) electrons. The molecule has 3 N–H and O–H groups in total. The van der Waals surface area contributed by atoms with Crippen LogP contribution in [-0.2, 0) is 0 Å². The molecule has 3 aromatic carbocycles. The molecule has 0 unspecified atom stereocenters. The standard InChI is InChI=1S/C24H19Cl2N5O3S/c1-34-20-12-2-15(3-13-20)21-14-35-24(29-21)31(23(33)28-19-10-6-17(26)7-11-19)30-22(32)27-18-8-4-16(25)5-9-18/h2-14H,1H3,(H,28,33)(H2,27,30,32). The Bertz CT molecular complexity index is 1310. The lowest BCUT2D eigenvalue weighted by atomic mass is 10.2. The number of amides is 4. The van der Waals surface area contributed by atoms with Gasteiger partial charge in [-0.05, 0) is 72.8 Å². The summed E-state index contributed by atoms with van der Waals surface area (Å²) in [6, 6.07) is 19.3. The van der Waals surface area contributed by atoms with Gasteiger partial charge in [0.25, 0.3) is 0 Å². The van der Waals surface area contributed by atoms with Crippen LogP contribution < -0.4 is 25.8 Å². The third-order valence-electron chi connectivity index (χ3n) is 4.68. The van der Waals surface area contributed by atoms with Crippen molar-refractivity contribution in [2.45, 2.75) is 0 Å². The van der Waals surface area contributed by atoms with Gasteiger partial charge in [0.15, 0.2) is 0 Å². The summed E-state index contributed by atoms with van der Waals surface area (Å²) in [5, 5.41) is 9.54. The van der Waals surface area contributed by atoms with E-state index in [0.717, 1.165) is 10.6 Å². The fourth-order valence-electron chi connectivity index (χ4n) is 2.95. The molecule has 0 fully saturated rings. The number of hydrogen-bond donors (Lipinski definition) is 3. The van der Waals surface area contributed by atoms with Crippen molar-refractivity contribution < 1.29 is 14.3 Å². The molecule has 4 rings (SSSR count). The lowest BCUT2D eigenvalue weighted by Gasteiger charge is -2.21. The molecular formula is C24H19Cl2N5O3S. The first kappa shape index (κ1) is 24.3. The van der Waals surface area contributed by atoms with Crippen LogP contribution in [0.15, 0.2) is 78.2 Å². The minimum atomic E-state index is -0.639. The number of aromatic nitrogens is 1. The highest BCUT2D eigenvalue weighted by molar-refractivity contribution is 7.14. The highest BCUT2D eigenvalue weighted by Crippen LogP contribution is 2.28. The fraction of sp³-hybridized carbons (Fsp3) is 0.0417. The molecule has 4 amide bonds. The van der Waals surface area contributed by atoms with Crippen molar-refractivity contribution >= 4 is 63.1 Å². The highest BCUT2D eigenvalue weighted by atomic mass is 35.5. The molecule has 4 aromatic rings. The van der Waals surface area contributed by atoms with E-state index in [1.807, 2.05) is 24.3 Å². The van der Waals surface area contributed by atoms with E-state index in [0.29, 0.717) is 32.9 Å². The summed E-state index contributed by atoms with van der Waals surface area (Å²) in [6.45, 7) is 0. The smallest absolute Gasteiger partial charge is 0.347 e. The van der Waals surface area contributed by atoms with E-state index in [4.69, 9.17) is 27.9 Å². The number of urea groups is 2. The molecule has 0 atom stereocenters. The van der Waals surface area contributed by atoms with Crippen molar-refractivity contribution in [3.63, 3.8) is 0 Å². The predicted molar refractivity (Wildman–Crippen MR) is 141 cm³/mol. The zero-order valence-corrected chi connectivity index (χ0v) is 20.6. The first-order chi connectivity index (χ1) is 16.9. The van der Waals surface area contributed by atoms with Gasteiger partial charge in [0.05, 0.1) is 12.8 Å². The Balaban J connectivity index is 1.56. The fourth-order valence-corrected chi connectivity index (χ4v) is 4.00. The Morgan fingerprint density at radius 3 is 2.00 bits per heavy atom. The highest BCUT2D eigenvalue weighted by Gasteiger charge is 2.22. The van der Waals surface area contributed by atoms with Gasteiger partial charge in [0.2, 0.25) is 5.13 Å². The molecule has 1 heterocycles. The van der Waals surface area contributed by atoms with Crippen LogP contribution in [-0.4, -0.2) is 24.2 Å². The van der Waals surface area contributed by atoms with Crippen LogP contribution in [0.3, 0.4) is 0 Å². The van der Waals surface area contributed by atoms with Crippen molar-refractivity contribution in [3.05, 3.63) is 88.2 Å². The molecule has 8 nitrogen and oxygen atoms in total.